The van der Waals surface area contributed by atoms with Crippen LogP contribution >= 0.6 is 24.0 Å². The van der Waals surface area contributed by atoms with E-state index in [1.807, 2.05) is 18.2 Å². The van der Waals surface area contributed by atoms with Gasteiger partial charge < -0.3 is 16.0 Å². The second kappa shape index (κ2) is 7.30. The van der Waals surface area contributed by atoms with E-state index >= 15 is 0 Å². The summed E-state index contributed by atoms with van der Waals surface area (Å²) in [5, 5.41) is 9.68. The van der Waals surface area contributed by atoms with E-state index in [9.17, 15) is 4.79 Å². The summed E-state index contributed by atoms with van der Waals surface area (Å²) in [4.78, 5) is 16.1. The number of halogens is 1. The SMILES string of the molecule is CN=C(NCC1CC(=O)Nc2ccccc21)NC1CC1C.I. The Hall–Kier alpha value is -1.31. The van der Waals surface area contributed by atoms with E-state index in [4.69, 9.17) is 0 Å². The summed E-state index contributed by atoms with van der Waals surface area (Å²) in [5.41, 5.74) is 2.12. The summed E-state index contributed by atoms with van der Waals surface area (Å²) in [6, 6.07) is 8.54. The lowest BCUT2D eigenvalue weighted by atomic mass is 9.90. The minimum Gasteiger partial charge on any atom is -0.356 e. The number of amides is 1. The molecule has 3 atom stereocenters. The summed E-state index contributed by atoms with van der Waals surface area (Å²) in [7, 11) is 1.78. The maximum atomic E-state index is 11.8. The van der Waals surface area contributed by atoms with Crippen molar-refractivity contribution < 1.29 is 4.79 Å². The smallest absolute Gasteiger partial charge is 0.225 e. The van der Waals surface area contributed by atoms with E-state index in [-0.39, 0.29) is 35.8 Å². The van der Waals surface area contributed by atoms with Crippen molar-refractivity contribution in [3.8, 4) is 0 Å². The van der Waals surface area contributed by atoms with Crippen LogP contribution in [0.1, 0.15) is 31.2 Å². The molecule has 1 heterocycles. The normalized spacial score (nSPS) is 26.4. The Morgan fingerprint density at radius 3 is 2.82 bits per heavy atom. The average molecular weight is 414 g/mol. The molecule has 0 radical (unpaired) electrons. The van der Waals surface area contributed by atoms with Crippen molar-refractivity contribution >= 4 is 41.5 Å². The molecular formula is C16H23IN4O. The highest BCUT2D eigenvalue weighted by atomic mass is 127. The molecule has 1 saturated carbocycles. The number of nitrogens with one attached hydrogen (secondary N) is 3. The fourth-order valence-corrected chi connectivity index (χ4v) is 2.80. The van der Waals surface area contributed by atoms with Gasteiger partial charge in [-0.1, -0.05) is 25.1 Å². The predicted octanol–water partition coefficient (Wildman–Crippen LogP) is 2.30. The van der Waals surface area contributed by atoms with Crippen LogP contribution in [0.2, 0.25) is 0 Å². The van der Waals surface area contributed by atoms with Gasteiger partial charge in [-0.25, -0.2) is 0 Å². The molecule has 3 unspecified atom stereocenters. The Morgan fingerprint density at radius 1 is 1.41 bits per heavy atom. The molecule has 1 aliphatic carbocycles. The van der Waals surface area contributed by atoms with Crippen LogP contribution < -0.4 is 16.0 Å². The van der Waals surface area contributed by atoms with Gasteiger partial charge in [-0.2, -0.15) is 0 Å². The van der Waals surface area contributed by atoms with E-state index in [0.29, 0.717) is 19.0 Å². The number of benzene rings is 1. The Labute approximate surface area is 148 Å². The van der Waals surface area contributed by atoms with Crippen LogP contribution in [-0.4, -0.2) is 31.5 Å². The van der Waals surface area contributed by atoms with Crippen molar-refractivity contribution in [2.75, 3.05) is 18.9 Å². The molecule has 0 saturated heterocycles. The van der Waals surface area contributed by atoms with Gasteiger partial charge in [0.2, 0.25) is 5.91 Å². The number of fused-ring (bicyclic) bond motifs is 1. The number of para-hydroxylation sites is 1. The zero-order valence-electron chi connectivity index (χ0n) is 12.9. The minimum absolute atomic E-state index is 0. The number of guanidine groups is 1. The highest BCUT2D eigenvalue weighted by Gasteiger charge is 2.33. The third kappa shape index (κ3) is 3.91. The van der Waals surface area contributed by atoms with Crippen LogP contribution in [0.4, 0.5) is 5.69 Å². The second-order valence-electron chi connectivity index (χ2n) is 5.95. The van der Waals surface area contributed by atoms with E-state index in [0.717, 1.165) is 17.6 Å². The van der Waals surface area contributed by atoms with Crippen LogP contribution in [0.5, 0.6) is 0 Å². The van der Waals surface area contributed by atoms with Gasteiger partial charge in [0.05, 0.1) is 0 Å². The number of nitrogens with zero attached hydrogens (tertiary/aromatic N) is 1. The summed E-state index contributed by atoms with van der Waals surface area (Å²) < 4.78 is 0. The molecule has 1 aromatic rings. The standard InChI is InChI=1S/C16H22N4O.HI/c1-10-7-14(10)20-16(17-2)18-9-11-8-15(21)19-13-6-4-3-5-12(11)13;/h3-6,10-11,14H,7-9H2,1-2H3,(H,19,21)(H2,17,18,20);1H. The quantitative estimate of drug-likeness (QED) is 0.404. The molecule has 0 aromatic heterocycles. The lowest BCUT2D eigenvalue weighted by Crippen LogP contribution is -2.42. The molecule has 1 fully saturated rings. The number of anilines is 1. The number of hydrogen-bond acceptors (Lipinski definition) is 2. The Kier molecular flexibility index (Phi) is 5.66. The molecule has 5 nitrogen and oxygen atoms in total. The lowest BCUT2D eigenvalue weighted by molar-refractivity contribution is -0.116. The number of carbonyl (C=O) groups excluding carboxylic acids is 1. The van der Waals surface area contributed by atoms with Gasteiger partial charge in [-0.3, -0.25) is 9.79 Å². The van der Waals surface area contributed by atoms with Crippen LogP contribution in [0.25, 0.3) is 0 Å². The van der Waals surface area contributed by atoms with Crippen LogP contribution in [0.3, 0.4) is 0 Å². The molecule has 1 amide bonds. The maximum absolute atomic E-state index is 11.8. The summed E-state index contributed by atoms with van der Waals surface area (Å²) in [5.74, 6) is 1.82. The third-order valence-corrected chi connectivity index (χ3v) is 4.28. The van der Waals surface area contributed by atoms with Crippen molar-refractivity contribution in [1.82, 2.24) is 10.6 Å². The van der Waals surface area contributed by atoms with Crippen LogP contribution in [0, 0.1) is 5.92 Å². The summed E-state index contributed by atoms with van der Waals surface area (Å²) >= 11 is 0. The van der Waals surface area contributed by atoms with Gasteiger partial charge >= 0.3 is 0 Å². The Balaban J connectivity index is 0.00000176. The molecule has 1 aliphatic heterocycles. The Bertz CT molecular complexity index is 575. The molecule has 120 valence electrons. The van der Waals surface area contributed by atoms with Gasteiger partial charge in [0.25, 0.3) is 0 Å². The topological polar surface area (TPSA) is 65.5 Å². The number of hydrogen-bond donors (Lipinski definition) is 3. The van der Waals surface area contributed by atoms with E-state index in [1.165, 1.54) is 12.0 Å². The van der Waals surface area contributed by atoms with E-state index in [2.05, 4.69) is 33.9 Å². The lowest BCUT2D eigenvalue weighted by Gasteiger charge is -2.26. The zero-order chi connectivity index (χ0) is 14.8. The van der Waals surface area contributed by atoms with Gasteiger partial charge in [-0.05, 0) is 24.0 Å². The van der Waals surface area contributed by atoms with Crippen LogP contribution in [0.15, 0.2) is 29.3 Å². The molecule has 1 aromatic carbocycles. The van der Waals surface area contributed by atoms with E-state index in [1.54, 1.807) is 7.05 Å². The predicted molar refractivity (Wildman–Crippen MR) is 99.9 cm³/mol. The molecular weight excluding hydrogens is 391 g/mol. The zero-order valence-corrected chi connectivity index (χ0v) is 15.3. The fraction of sp³-hybridized carbons (Fsp3) is 0.500. The first-order valence-electron chi connectivity index (χ1n) is 7.53. The first-order chi connectivity index (χ1) is 10.2. The van der Waals surface area contributed by atoms with Crippen molar-refractivity contribution in [3.05, 3.63) is 29.8 Å². The van der Waals surface area contributed by atoms with Gasteiger partial charge in [0.1, 0.15) is 0 Å². The van der Waals surface area contributed by atoms with Crippen molar-refractivity contribution in [3.63, 3.8) is 0 Å². The average Bonchev–Trinajstić information content (AvgIpc) is 3.18. The fourth-order valence-electron chi connectivity index (χ4n) is 2.80. The first kappa shape index (κ1) is 17.1. The monoisotopic (exact) mass is 414 g/mol. The highest BCUT2D eigenvalue weighted by Crippen LogP contribution is 2.31. The molecule has 3 N–H and O–H groups in total. The molecule has 0 spiro atoms. The number of rotatable bonds is 3. The largest absolute Gasteiger partial charge is 0.356 e. The highest BCUT2D eigenvalue weighted by molar-refractivity contribution is 14.0. The first-order valence-corrected chi connectivity index (χ1v) is 7.53. The summed E-state index contributed by atoms with van der Waals surface area (Å²) in [6.45, 7) is 2.94. The molecule has 3 rings (SSSR count). The summed E-state index contributed by atoms with van der Waals surface area (Å²) in [6.07, 6.45) is 1.72. The van der Waals surface area contributed by atoms with Gasteiger partial charge in [-0.15, -0.1) is 24.0 Å². The van der Waals surface area contributed by atoms with Gasteiger partial charge in [0, 0.05) is 37.7 Å². The van der Waals surface area contributed by atoms with Crippen molar-refractivity contribution in [2.45, 2.75) is 31.7 Å². The van der Waals surface area contributed by atoms with Crippen LogP contribution in [-0.2, 0) is 4.79 Å². The van der Waals surface area contributed by atoms with Gasteiger partial charge in [0.15, 0.2) is 5.96 Å². The second-order valence-corrected chi connectivity index (χ2v) is 5.95. The Morgan fingerprint density at radius 2 is 2.14 bits per heavy atom. The molecule has 0 bridgehead atoms. The van der Waals surface area contributed by atoms with Crippen molar-refractivity contribution in [2.24, 2.45) is 10.9 Å². The number of aliphatic imine (C=N–C) groups is 1. The minimum atomic E-state index is 0. The third-order valence-electron chi connectivity index (χ3n) is 4.28. The molecule has 22 heavy (non-hydrogen) atoms. The maximum Gasteiger partial charge on any atom is 0.225 e. The number of carbonyl (C=O) groups is 1. The van der Waals surface area contributed by atoms with E-state index < -0.39 is 0 Å². The molecule has 2 aliphatic rings. The van der Waals surface area contributed by atoms with Crippen molar-refractivity contribution in [1.29, 1.82) is 0 Å². The molecule has 6 heteroatoms.